The van der Waals surface area contributed by atoms with Gasteiger partial charge in [-0.3, -0.25) is 14.5 Å². The summed E-state index contributed by atoms with van der Waals surface area (Å²) in [5.41, 5.74) is 0.730. The first kappa shape index (κ1) is 23.0. The molecular formula is C17H22ClF3N2O4. The van der Waals surface area contributed by atoms with E-state index < -0.39 is 42.5 Å². The molecule has 0 saturated carbocycles. The highest BCUT2D eigenvalue weighted by Crippen LogP contribution is 2.38. The predicted octanol–water partition coefficient (Wildman–Crippen LogP) is 2.32. The average Bonchev–Trinajstić information content (AvgIpc) is 3.05. The summed E-state index contributed by atoms with van der Waals surface area (Å²) in [5, 5.41) is 11.7. The lowest BCUT2D eigenvalue weighted by Crippen LogP contribution is -2.44. The summed E-state index contributed by atoms with van der Waals surface area (Å²) in [6.45, 7) is 0.799. The van der Waals surface area contributed by atoms with E-state index in [0.29, 0.717) is 5.75 Å². The first-order chi connectivity index (χ1) is 12.1. The molecule has 0 radical (unpaired) electrons. The number of hydrogen-bond acceptors (Lipinski definition) is 4. The predicted molar refractivity (Wildman–Crippen MR) is 93.8 cm³/mol. The Labute approximate surface area is 161 Å². The van der Waals surface area contributed by atoms with Crippen LogP contribution in [0.2, 0.25) is 0 Å². The number of alkyl halides is 3. The normalized spacial score (nSPS) is 21.2. The van der Waals surface area contributed by atoms with E-state index >= 15 is 0 Å². The zero-order chi connectivity index (χ0) is 19.5. The lowest BCUT2D eigenvalue weighted by Gasteiger charge is -2.24. The zero-order valence-corrected chi connectivity index (χ0v) is 15.6. The van der Waals surface area contributed by atoms with Gasteiger partial charge in [-0.2, -0.15) is 13.2 Å². The molecule has 1 fully saturated rings. The highest BCUT2D eigenvalue weighted by molar-refractivity contribution is 5.85. The molecule has 1 aliphatic heterocycles. The summed E-state index contributed by atoms with van der Waals surface area (Å²) in [4.78, 5) is 24.7. The van der Waals surface area contributed by atoms with Crippen LogP contribution in [0.1, 0.15) is 12.5 Å². The number of amides is 1. The van der Waals surface area contributed by atoms with Crippen LogP contribution in [0.25, 0.3) is 0 Å². The van der Waals surface area contributed by atoms with Gasteiger partial charge in [0, 0.05) is 25.2 Å². The number of aliphatic carboxylic acids is 1. The molecule has 1 saturated heterocycles. The second-order valence-corrected chi connectivity index (χ2v) is 6.25. The van der Waals surface area contributed by atoms with Crippen LogP contribution in [0, 0.1) is 11.8 Å². The summed E-state index contributed by atoms with van der Waals surface area (Å²) in [5.74, 6) is -4.94. The fourth-order valence-electron chi connectivity index (χ4n) is 3.08. The van der Waals surface area contributed by atoms with Crippen LogP contribution in [0.15, 0.2) is 24.3 Å². The molecule has 2 N–H and O–H groups in total. The molecule has 0 aliphatic carbocycles. The van der Waals surface area contributed by atoms with E-state index in [4.69, 9.17) is 9.84 Å². The molecule has 3 atom stereocenters. The van der Waals surface area contributed by atoms with Crippen molar-refractivity contribution < 1.29 is 32.6 Å². The Kier molecular flexibility index (Phi) is 7.91. The quantitative estimate of drug-likeness (QED) is 0.752. The molecule has 0 bridgehead atoms. The number of methoxy groups -OCH3 is 1. The summed E-state index contributed by atoms with van der Waals surface area (Å²) in [6.07, 6.45) is -4.62. The van der Waals surface area contributed by atoms with Crippen molar-refractivity contribution in [3.63, 3.8) is 0 Å². The maximum atomic E-state index is 13.1. The Bertz CT molecular complexity index is 672. The van der Waals surface area contributed by atoms with E-state index in [1.165, 1.54) is 18.9 Å². The van der Waals surface area contributed by atoms with Crippen molar-refractivity contribution in [2.45, 2.75) is 25.7 Å². The second kappa shape index (κ2) is 9.27. The van der Waals surface area contributed by atoms with Gasteiger partial charge in [-0.05, 0) is 13.0 Å². The van der Waals surface area contributed by atoms with Crippen molar-refractivity contribution in [1.82, 2.24) is 10.2 Å². The molecule has 152 valence electrons. The number of carbonyl (C=O) groups is 2. The van der Waals surface area contributed by atoms with Crippen molar-refractivity contribution in [2.75, 3.05) is 20.2 Å². The Morgan fingerprint density at radius 3 is 2.48 bits per heavy atom. The minimum Gasteiger partial charge on any atom is -0.496 e. The van der Waals surface area contributed by atoms with E-state index in [2.05, 4.69) is 5.32 Å². The number of carboxylic acid groups (broad SMARTS) is 1. The maximum Gasteiger partial charge on any atom is 0.393 e. The second-order valence-electron chi connectivity index (χ2n) is 6.25. The number of para-hydroxylation sites is 1. The van der Waals surface area contributed by atoms with E-state index in [1.54, 1.807) is 24.3 Å². The number of carboxylic acids is 1. The summed E-state index contributed by atoms with van der Waals surface area (Å²) in [6, 6.07) is 6.18. The van der Waals surface area contributed by atoms with Crippen LogP contribution in [0.4, 0.5) is 13.2 Å². The minimum absolute atomic E-state index is 0. The molecule has 1 aromatic carbocycles. The van der Waals surface area contributed by atoms with Crippen molar-refractivity contribution in [1.29, 1.82) is 0 Å². The SMILES string of the molecule is COc1ccccc1CNC(=O)C(C)N1C[C@@H](C(F)(F)F)[C@H](C(=O)O)C1.Cl. The number of nitrogens with zero attached hydrogens (tertiary/aromatic N) is 1. The monoisotopic (exact) mass is 410 g/mol. The van der Waals surface area contributed by atoms with Crippen LogP contribution in [0.3, 0.4) is 0 Å². The number of ether oxygens (including phenoxy) is 1. The van der Waals surface area contributed by atoms with Crippen molar-refractivity contribution in [3.05, 3.63) is 29.8 Å². The Morgan fingerprint density at radius 2 is 1.96 bits per heavy atom. The van der Waals surface area contributed by atoms with Gasteiger partial charge in [0.15, 0.2) is 0 Å². The average molecular weight is 411 g/mol. The summed E-state index contributed by atoms with van der Waals surface area (Å²) < 4.78 is 44.3. The minimum atomic E-state index is -4.62. The van der Waals surface area contributed by atoms with Crippen molar-refractivity contribution in [2.24, 2.45) is 11.8 Å². The number of carbonyl (C=O) groups excluding carboxylic acids is 1. The Morgan fingerprint density at radius 1 is 1.33 bits per heavy atom. The number of rotatable bonds is 6. The van der Waals surface area contributed by atoms with E-state index in [-0.39, 0.29) is 25.5 Å². The molecule has 1 unspecified atom stereocenters. The molecule has 1 aliphatic rings. The molecular weight excluding hydrogens is 389 g/mol. The Balaban J connectivity index is 0.00000364. The topological polar surface area (TPSA) is 78.9 Å². The number of benzene rings is 1. The van der Waals surface area contributed by atoms with E-state index in [1.807, 2.05) is 0 Å². The molecule has 1 aromatic rings. The van der Waals surface area contributed by atoms with Gasteiger partial charge in [0.1, 0.15) is 5.75 Å². The smallest absolute Gasteiger partial charge is 0.393 e. The van der Waals surface area contributed by atoms with Crippen LogP contribution in [-0.4, -0.2) is 54.3 Å². The Hall–Kier alpha value is -2.00. The molecule has 0 aromatic heterocycles. The molecule has 10 heteroatoms. The summed E-state index contributed by atoms with van der Waals surface area (Å²) in [7, 11) is 1.50. The van der Waals surface area contributed by atoms with Gasteiger partial charge >= 0.3 is 12.1 Å². The standard InChI is InChI=1S/C17H21F3N2O4.ClH/c1-10(15(23)21-7-11-5-3-4-6-14(11)26-2)22-8-12(16(24)25)13(9-22)17(18,19)20;/h3-6,10,12-13H,7-9H2,1-2H3,(H,21,23)(H,24,25);1H/t10?,12-,13-;/m1./s1. The number of halogens is 4. The van der Waals surface area contributed by atoms with Gasteiger partial charge in [0.05, 0.1) is 25.0 Å². The highest BCUT2D eigenvalue weighted by atomic mass is 35.5. The van der Waals surface area contributed by atoms with Gasteiger partial charge in [-0.25, -0.2) is 0 Å². The first-order valence-corrected chi connectivity index (χ1v) is 8.08. The van der Waals surface area contributed by atoms with Crippen molar-refractivity contribution >= 4 is 24.3 Å². The molecule has 1 heterocycles. The lowest BCUT2D eigenvalue weighted by molar-refractivity contribution is -0.188. The first-order valence-electron chi connectivity index (χ1n) is 8.08. The third-order valence-corrected chi connectivity index (χ3v) is 4.66. The van der Waals surface area contributed by atoms with Crippen LogP contribution in [-0.2, 0) is 16.1 Å². The van der Waals surface area contributed by atoms with Gasteiger partial charge < -0.3 is 15.2 Å². The van der Waals surface area contributed by atoms with E-state index in [9.17, 15) is 22.8 Å². The van der Waals surface area contributed by atoms with Gasteiger partial charge in [-0.15, -0.1) is 12.4 Å². The van der Waals surface area contributed by atoms with Crippen LogP contribution >= 0.6 is 12.4 Å². The maximum absolute atomic E-state index is 13.1. The number of likely N-dealkylation sites (tertiary alicyclic amines) is 1. The zero-order valence-electron chi connectivity index (χ0n) is 14.8. The molecule has 1 amide bonds. The molecule has 0 spiro atoms. The highest BCUT2D eigenvalue weighted by Gasteiger charge is 2.53. The molecule has 2 rings (SSSR count). The fraction of sp³-hybridized carbons (Fsp3) is 0.529. The van der Waals surface area contributed by atoms with Gasteiger partial charge in [0.2, 0.25) is 5.91 Å². The molecule has 27 heavy (non-hydrogen) atoms. The van der Waals surface area contributed by atoms with Crippen LogP contribution < -0.4 is 10.1 Å². The van der Waals surface area contributed by atoms with Gasteiger partial charge in [-0.1, -0.05) is 18.2 Å². The largest absolute Gasteiger partial charge is 0.496 e. The van der Waals surface area contributed by atoms with E-state index in [0.717, 1.165) is 5.56 Å². The van der Waals surface area contributed by atoms with Gasteiger partial charge in [0.25, 0.3) is 0 Å². The van der Waals surface area contributed by atoms with Crippen molar-refractivity contribution in [3.8, 4) is 5.75 Å². The lowest BCUT2D eigenvalue weighted by atomic mass is 9.96. The van der Waals surface area contributed by atoms with Crippen LogP contribution in [0.5, 0.6) is 5.75 Å². The molecule has 6 nitrogen and oxygen atoms in total. The number of nitrogens with one attached hydrogen (secondary N) is 1. The summed E-state index contributed by atoms with van der Waals surface area (Å²) >= 11 is 0. The third kappa shape index (κ3) is 5.49. The third-order valence-electron chi connectivity index (χ3n) is 4.66. The number of hydrogen-bond donors (Lipinski definition) is 2. The fourth-order valence-corrected chi connectivity index (χ4v) is 3.08.